The molecule has 4 aliphatic heterocycles. The van der Waals surface area contributed by atoms with Crippen LogP contribution in [0.15, 0.2) is 30.5 Å². The van der Waals surface area contributed by atoms with Crippen LogP contribution in [0.4, 0.5) is 19.0 Å². The molecule has 0 aliphatic carbocycles. The molecule has 1 spiro atoms. The largest absolute Gasteiger partial charge is 0.508 e. The Kier molecular flexibility index (Phi) is 7.24. The highest BCUT2D eigenvalue weighted by Gasteiger charge is 2.49. The summed E-state index contributed by atoms with van der Waals surface area (Å²) in [4.78, 5) is 18.3. The fourth-order valence-corrected chi connectivity index (χ4v) is 8.64. The van der Waals surface area contributed by atoms with E-state index in [0.29, 0.717) is 52.5 Å². The van der Waals surface area contributed by atoms with Gasteiger partial charge in [0.15, 0.2) is 5.82 Å². The third-order valence-corrected chi connectivity index (χ3v) is 11.0. The first-order valence-corrected chi connectivity index (χ1v) is 16.6. The number of hydrogen-bond acceptors (Lipinski definition) is 8. The first-order chi connectivity index (χ1) is 22.3. The van der Waals surface area contributed by atoms with Crippen LogP contribution >= 0.6 is 0 Å². The minimum absolute atomic E-state index is 0.0336. The van der Waals surface area contributed by atoms with Gasteiger partial charge in [-0.05, 0) is 92.6 Å². The Morgan fingerprint density at radius 2 is 1.91 bits per heavy atom. The van der Waals surface area contributed by atoms with Crippen LogP contribution in [0.1, 0.15) is 57.4 Å². The van der Waals surface area contributed by atoms with E-state index in [0.717, 1.165) is 64.7 Å². The minimum Gasteiger partial charge on any atom is -0.508 e. The molecule has 6 heterocycles. The number of phenolic OH excluding ortho intramolecular Hbond substituents is 1. The molecule has 2 aromatic carbocycles. The van der Waals surface area contributed by atoms with Gasteiger partial charge in [-0.25, -0.2) is 13.2 Å². The number of rotatable bonds is 6. The van der Waals surface area contributed by atoms with E-state index < -0.39 is 23.3 Å². The molecule has 2 aromatic heterocycles. The molecule has 4 aromatic rings. The van der Waals surface area contributed by atoms with Crippen LogP contribution in [0.5, 0.6) is 11.8 Å². The normalized spacial score (nSPS) is 24.4. The van der Waals surface area contributed by atoms with Crippen molar-refractivity contribution in [2.75, 3.05) is 44.2 Å². The van der Waals surface area contributed by atoms with Crippen LogP contribution in [0, 0.1) is 11.6 Å². The molecular formula is C35H39F3N6O2. The van der Waals surface area contributed by atoms with E-state index in [4.69, 9.17) is 9.72 Å². The topological polar surface area (TPSA) is 86.6 Å². The van der Waals surface area contributed by atoms with Gasteiger partial charge in [-0.1, -0.05) is 13.0 Å². The van der Waals surface area contributed by atoms with E-state index in [-0.39, 0.29) is 35.1 Å². The number of anilines is 1. The molecule has 0 radical (unpaired) electrons. The van der Waals surface area contributed by atoms with Gasteiger partial charge in [0.2, 0.25) is 0 Å². The van der Waals surface area contributed by atoms with Crippen LogP contribution < -0.4 is 15.0 Å². The fourth-order valence-electron chi connectivity index (χ4n) is 8.64. The number of nitrogens with zero attached hydrogens (tertiary/aromatic N) is 5. The number of ether oxygens (including phenoxy) is 1. The van der Waals surface area contributed by atoms with Crippen molar-refractivity contribution in [1.82, 2.24) is 25.2 Å². The van der Waals surface area contributed by atoms with Crippen molar-refractivity contribution in [3.8, 4) is 23.0 Å². The number of piperidine rings is 1. The number of aromatic hydroxyl groups is 1. The van der Waals surface area contributed by atoms with Gasteiger partial charge >= 0.3 is 6.01 Å². The second kappa shape index (κ2) is 11.2. The van der Waals surface area contributed by atoms with Crippen molar-refractivity contribution in [3.05, 3.63) is 47.7 Å². The summed E-state index contributed by atoms with van der Waals surface area (Å²) in [5.74, 6) is -0.607. The number of pyridine rings is 1. The summed E-state index contributed by atoms with van der Waals surface area (Å²) < 4.78 is 52.6. The van der Waals surface area contributed by atoms with Gasteiger partial charge in [-0.15, -0.1) is 0 Å². The first kappa shape index (κ1) is 29.7. The average molecular weight is 633 g/mol. The number of benzene rings is 2. The van der Waals surface area contributed by atoms with Gasteiger partial charge in [0, 0.05) is 43.4 Å². The fraction of sp³-hybridized carbons (Fsp3) is 0.514. The van der Waals surface area contributed by atoms with Gasteiger partial charge in [0.05, 0.1) is 10.9 Å². The number of hydrogen-bond donors (Lipinski definition) is 2. The molecule has 2 N–H and O–H groups in total. The second-order valence-electron chi connectivity index (χ2n) is 13.6. The zero-order valence-corrected chi connectivity index (χ0v) is 26.1. The molecule has 8 nitrogen and oxygen atoms in total. The van der Waals surface area contributed by atoms with Gasteiger partial charge in [0.1, 0.15) is 41.4 Å². The standard InChI is InChI=1S/C35H39F3N6O2/c1-2-24-27(37)6-5-21-15-23(45)16-25(28(21)24)30-29(38)31-26(18-39-30)32(43-13-9-34(10-14-43)7-3-11-40-34)42-33(41-31)46-20-35-8-4-12-44(35)19-22(36)17-35/h5-6,15-16,18,22,40,45H,2-4,7-14,17,19-20H2,1H3/t22-,35+/m1/s1. The quantitative estimate of drug-likeness (QED) is 0.265. The van der Waals surface area contributed by atoms with Crippen molar-refractivity contribution in [2.24, 2.45) is 0 Å². The van der Waals surface area contributed by atoms with Crippen molar-refractivity contribution >= 4 is 27.5 Å². The zero-order chi connectivity index (χ0) is 31.6. The maximum Gasteiger partial charge on any atom is 0.319 e. The average Bonchev–Trinajstić information content (AvgIpc) is 3.75. The number of aryl methyl sites for hydroxylation is 1. The molecule has 0 amide bonds. The number of phenols is 1. The lowest BCUT2D eigenvalue weighted by Crippen LogP contribution is -2.50. The summed E-state index contributed by atoms with van der Waals surface area (Å²) in [6, 6.07) is 5.96. The van der Waals surface area contributed by atoms with E-state index in [1.807, 2.05) is 6.92 Å². The van der Waals surface area contributed by atoms with Crippen LogP contribution in [-0.4, -0.2) is 81.5 Å². The third-order valence-electron chi connectivity index (χ3n) is 11.0. The summed E-state index contributed by atoms with van der Waals surface area (Å²) in [5, 5.41) is 15.8. The van der Waals surface area contributed by atoms with Crippen molar-refractivity contribution < 1.29 is 23.0 Å². The van der Waals surface area contributed by atoms with Crippen LogP contribution in [0.2, 0.25) is 0 Å². The SMILES string of the molecule is CCc1c(F)ccc2cc(O)cc(-c3ncc4c(N5CCC6(CCCN6)CC5)nc(OC[C@@]56CCCN5C[C@H](F)C6)nc4c3F)c12. The molecule has 4 fully saturated rings. The first-order valence-electron chi connectivity index (χ1n) is 16.6. The maximum absolute atomic E-state index is 16.9. The highest BCUT2D eigenvalue weighted by molar-refractivity contribution is 6.01. The lowest BCUT2D eigenvalue weighted by molar-refractivity contribution is 0.107. The molecule has 46 heavy (non-hydrogen) atoms. The summed E-state index contributed by atoms with van der Waals surface area (Å²) in [6.07, 6.45) is 7.46. The lowest BCUT2D eigenvalue weighted by atomic mass is 9.86. The maximum atomic E-state index is 16.9. The van der Waals surface area contributed by atoms with E-state index in [1.54, 1.807) is 18.3 Å². The smallest absolute Gasteiger partial charge is 0.319 e. The summed E-state index contributed by atoms with van der Waals surface area (Å²) in [7, 11) is 0. The Hall–Kier alpha value is -3.70. The Bertz CT molecular complexity index is 1820. The Morgan fingerprint density at radius 1 is 1.07 bits per heavy atom. The molecule has 4 saturated heterocycles. The minimum atomic E-state index is -0.900. The molecule has 4 aliphatic rings. The van der Waals surface area contributed by atoms with E-state index in [9.17, 15) is 13.9 Å². The van der Waals surface area contributed by atoms with Gasteiger partial charge in [-0.2, -0.15) is 9.97 Å². The summed E-state index contributed by atoms with van der Waals surface area (Å²) in [6.45, 7) is 5.79. The predicted molar refractivity (Wildman–Crippen MR) is 171 cm³/mol. The Labute approximate surface area is 266 Å². The summed E-state index contributed by atoms with van der Waals surface area (Å²) in [5.41, 5.74) is 0.452. The highest BCUT2D eigenvalue weighted by atomic mass is 19.1. The molecule has 242 valence electrons. The van der Waals surface area contributed by atoms with E-state index >= 15 is 4.39 Å². The van der Waals surface area contributed by atoms with Crippen LogP contribution in [-0.2, 0) is 6.42 Å². The van der Waals surface area contributed by atoms with E-state index in [2.05, 4.69) is 25.1 Å². The molecule has 0 unspecified atom stereocenters. The number of nitrogens with one attached hydrogen (secondary N) is 1. The molecule has 11 heteroatoms. The lowest BCUT2D eigenvalue weighted by Gasteiger charge is -2.40. The van der Waals surface area contributed by atoms with Gasteiger partial charge in [0.25, 0.3) is 0 Å². The molecule has 8 rings (SSSR count). The number of halogens is 3. The molecule has 0 saturated carbocycles. The number of aromatic nitrogens is 3. The van der Waals surface area contributed by atoms with Crippen LogP contribution in [0.25, 0.3) is 32.9 Å². The number of alkyl halides is 1. The molecular weight excluding hydrogens is 593 g/mol. The zero-order valence-electron chi connectivity index (χ0n) is 26.1. The van der Waals surface area contributed by atoms with Crippen LogP contribution in [0.3, 0.4) is 0 Å². The van der Waals surface area contributed by atoms with Gasteiger partial charge < -0.3 is 20.1 Å². The Morgan fingerprint density at radius 3 is 2.70 bits per heavy atom. The van der Waals surface area contributed by atoms with Crippen molar-refractivity contribution in [2.45, 2.75) is 75.5 Å². The second-order valence-corrected chi connectivity index (χ2v) is 13.6. The highest BCUT2D eigenvalue weighted by Crippen LogP contribution is 2.42. The number of fused-ring (bicyclic) bond motifs is 3. The predicted octanol–water partition coefficient (Wildman–Crippen LogP) is 6.07. The van der Waals surface area contributed by atoms with Crippen molar-refractivity contribution in [1.29, 1.82) is 0 Å². The van der Waals surface area contributed by atoms with Gasteiger partial charge in [-0.3, -0.25) is 9.88 Å². The monoisotopic (exact) mass is 632 g/mol. The summed E-state index contributed by atoms with van der Waals surface area (Å²) >= 11 is 0. The third kappa shape index (κ3) is 4.85. The molecule has 2 atom stereocenters. The molecule has 0 bridgehead atoms. The van der Waals surface area contributed by atoms with E-state index in [1.165, 1.54) is 12.1 Å². The van der Waals surface area contributed by atoms with Crippen molar-refractivity contribution in [3.63, 3.8) is 0 Å². The Balaban J connectivity index is 1.24.